The molecule has 0 atom stereocenters. The van der Waals surface area contributed by atoms with Crippen molar-refractivity contribution in [3.05, 3.63) is 70.9 Å². The van der Waals surface area contributed by atoms with Crippen molar-refractivity contribution in [1.29, 1.82) is 0 Å². The van der Waals surface area contributed by atoms with E-state index in [0.29, 0.717) is 0 Å². The molecule has 19 heavy (non-hydrogen) atoms. The summed E-state index contributed by atoms with van der Waals surface area (Å²) < 4.78 is 0. The maximum atomic E-state index is 12.5. The Morgan fingerprint density at radius 1 is 0.947 bits per heavy atom. The molecule has 92 valence electrons. The summed E-state index contributed by atoms with van der Waals surface area (Å²) in [6.07, 6.45) is 3.00. The van der Waals surface area contributed by atoms with Gasteiger partial charge in [-0.15, -0.1) is 0 Å². The first-order valence-corrected chi connectivity index (χ1v) is 6.55. The molecule has 2 heterocycles. The van der Waals surface area contributed by atoms with E-state index < -0.39 is 0 Å². The van der Waals surface area contributed by atoms with Crippen LogP contribution in [0.4, 0.5) is 5.69 Å². The molecule has 0 fully saturated rings. The first-order valence-electron chi connectivity index (χ1n) is 6.55. The number of carbonyl (C=O) groups excluding carboxylic acids is 1. The van der Waals surface area contributed by atoms with Gasteiger partial charge in [-0.1, -0.05) is 36.4 Å². The molecule has 2 aliphatic rings. The number of allylic oxidation sites excluding steroid dienone is 1. The van der Waals surface area contributed by atoms with Crippen molar-refractivity contribution >= 4 is 17.5 Å². The van der Waals surface area contributed by atoms with Crippen molar-refractivity contribution < 1.29 is 4.79 Å². The molecule has 0 saturated carbocycles. The number of para-hydroxylation sites is 1. The van der Waals surface area contributed by atoms with Crippen LogP contribution in [0, 0.1) is 0 Å². The minimum absolute atomic E-state index is 0.146. The molecule has 0 saturated heterocycles. The largest absolute Gasteiger partial charge is 0.337 e. The van der Waals surface area contributed by atoms with E-state index in [2.05, 4.69) is 23.1 Å². The number of fused-ring (bicyclic) bond motifs is 4. The number of rotatable bonds is 0. The highest BCUT2D eigenvalue weighted by Crippen LogP contribution is 2.37. The third-order valence-corrected chi connectivity index (χ3v) is 3.91. The van der Waals surface area contributed by atoms with Crippen LogP contribution < -0.4 is 4.90 Å². The van der Waals surface area contributed by atoms with Crippen molar-refractivity contribution in [3.8, 4) is 0 Å². The lowest BCUT2D eigenvalue weighted by molar-refractivity contribution is 0.104. The Labute approximate surface area is 112 Å². The van der Waals surface area contributed by atoms with E-state index in [9.17, 15) is 4.79 Å². The predicted molar refractivity (Wildman–Crippen MR) is 76.2 cm³/mol. The molecule has 0 amide bonds. The highest BCUT2D eigenvalue weighted by molar-refractivity contribution is 6.21. The Hall–Kier alpha value is -2.35. The van der Waals surface area contributed by atoms with Crippen LogP contribution in [0.1, 0.15) is 21.5 Å². The van der Waals surface area contributed by atoms with E-state index in [1.807, 2.05) is 36.4 Å². The fourth-order valence-corrected chi connectivity index (χ4v) is 2.96. The molecule has 0 spiro atoms. The van der Waals surface area contributed by atoms with Gasteiger partial charge >= 0.3 is 0 Å². The van der Waals surface area contributed by atoms with Crippen molar-refractivity contribution in [2.45, 2.75) is 6.42 Å². The number of Topliss-reactive ketones (excluding diaryl/α,β-unsaturated/α-hetero) is 1. The summed E-state index contributed by atoms with van der Waals surface area (Å²) >= 11 is 0. The molecule has 0 radical (unpaired) electrons. The SMILES string of the molecule is O=C1C2=Cc3ccccc3CCN2c2ccccc21. The van der Waals surface area contributed by atoms with Crippen LogP contribution in [0.25, 0.3) is 6.08 Å². The van der Waals surface area contributed by atoms with E-state index in [-0.39, 0.29) is 5.78 Å². The summed E-state index contributed by atoms with van der Waals surface area (Å²) in [5, 5.41) is 0. The van der Waals surface area contributed by atoms with Crippen LogP contribution in [0.15, 0.2) is 54.2 Å². The number of benzene rings is 2. The average Bonchev–Trinajstić information content (AvgIpc) is 2.63. The smallest absolute Gasteiger partial charge is 0.211 e. The molecule has 0 aromatic heterocycles. The summed E-state index contributed by atoms with van der Waals surface area (Å²) in [5.41, 5.74) is 5.17. The van der Waals surface area contributed by atoms with Gasteiger partial charge in [0.05, 0.1) is 11.4 Å². The number of hydrogen-bond donors (Lipinski definition) is 0. The Morgan fingerprint density at radius 3 is 2.68 bits per heavy atom. The summed E-state index contributed by atoms with van der Waals surface area (Å²) in [4.78, 5) is 14.6. The minimum Gasteiger partial charge on any atom is -0.337 e. The minimum atomic E-state index is 0.146. The van der Waals surface area contributed by atoms with Gasteiger partial charge in [0.25, 0.3) is 0 Å². The molecule has 2 aromatic carbocycles. The fraction of sp³-hybridized carbons (Fsp3) is 0.118. The zero-order valence-corrected chi connectivity index (χ0v) is 10.5. The van der Waals surface area contributed by atoms with Gasteiger partial charge in [-0.3, -0.25) is 4.79 Å². The average molecular weight is 247 g/mol. The second-order valence-corrected chi connectivity index (χ2v) is 4.98. The Kier molecular flexibility index (Phi) is 2.12. The lowest BCUT2D eigenvalue weighted by Gasteiger charge is -2.18. The molecule has 2 heteroatoms. The van der Waals surface area contributed by atoms with E-state index in [4.69, 9.17) is 0 Å². The van der Waals surface area contributed by atoms with Crippen LogP contribution in [0.3, 0.4) is 0 Å². The lowest BCUT2D eigenvalue weighted by Crippen LogP contribution is -2.21. The molecule has 0 bridgehead atoms. The molecular weight excluding hydrogens is 234 g/mol. The zero-order chi connectivity index (χ0) is 12.8. The Bertz CT molecular complexity index is 715. The van der Waals surface area contributed by atoms with Crippen LogP contribution in [0.5, 0.6) is 0 Å². The molecule has 0 aliphatic carbocycles. The molecule has 2 aliphatic heterocycles. The lowest BCUT2D eigenvalue weighted by atomic mass is 10.0. The number of ketones is 1. The first kappa shape index (κ1) is 10.6. The number of hydrogen-bond acceptors (Lipinski definition) is 2. The van der Waals surface area contributed by atoms with Crippen molar-refractivity contribution in [2.24, 2.45) is 0 Å². The highest BCUT2D eigenvalue weighted by Gasteiger charge is 2.32. The van der Waals surface area contributed by atoms with Gasteiger partial charge in [0.1, 0.15) is 0 Å². The first-order chi connectivity index (χ1) is 9.34. The van der Waals surface area contributed by atoms with Crippen LogP contribution in [-0.4, -0.2) is 12.3 Å². The molecule has 0 unspecified atom stereocenters. The Balaban J connectivity index is 1.92. The van der Waals surface area contributed by atoms with E-state index >= 15 is 0 Å². The number of carbonyl (C=O) groups is 1. The third-order valence-electron chi connectivity index (χ3n) is 3.91. The number of anilines is 1. The topological polar surface area (TPSA) is 20.3 Å². The maximum Gasteiger partial charge on any atom is 0.211 e. The molecule has 2 aromatic rings. The predicted octanol–water partition coefficient (Wildman–Crippen LogP) is 3.29. The second-order valence-electron chi connectivity index (χ2n) is 4.98. The van der Waals surface area contributed by atoms with Gasteiger partial charge in [-0.25, -0.2) is 0 Å². The summed E-state index contributed by atoms with van der Waals surface area (Å²) in [7, 11) is 0. The van der Waals surface area contributed by atoms with E-state index in [1.54, 1.807) is 0 Å². The van der Waals surface area contributed by atoms with Crippen LogP contribution in [-0.2, 0) is 6.42 Å². The van der Waals surface area contributed by atoms with Crippen molar-refractivity contribution in [3.63, 3.8) is 0 Å². The zero-order valence-electron chi connectivity index (χ0n) is 10.5. The highest BCUT2D eigenvalue weighted by atomic mass is 16.1. The van der Waals surface area contributed by atoms with Gasteiger partial charge in [0, 0.05) is 12.1 Å². The van der Waals surface area contributed by atoms with Crippen LogP contribution >= 0.6 is 0 Å². The second kappa shape index (κ2) is 3.82. The summed E-state index contributed by atoms with van der Waals surface area (Å²) in [6, 6.07) is 16.2. The summed E-state index contributed by atoms with van der Waals surface area (Å²) in [5.74, 6) is 0.146. The normalized spacial score (nSPS) is 16.3. The van der Waals surface area contributed by atoms with Gasteiger partial charge in [-0.2, -0.15) is 0 Å². The molecule has 4 rings (SSSR count). The third kappa shape index (κ3) is 1.46. The van der Waals surface area contributed by atoms with Gasteiger partial charge in [0.2, 0.25) is 5.78 Å². The molecular formula is C17H13NO. The van der Waals surface area contributed by atoms with Gasteiger partial charge < -0.3 is 4.90 Å². The molecule has 2 nitrogen and oxygen atoms in total. The van der Waals surface area contributed by atoms with Gasteiger partial charge in [-0.05, 0) is 35.8 Å². The van der Waals surface area contributed by atoms with E-state index in [1.165, 1.54) is 11.1 Å². The Morgan fingerprint density at radius 2 is 1.74 bits per heavy atom. The fourth-order valence-electron chi connectivity index (χ4n) is 2.96. The van der Waals surface area contributed by atoms with Crippen molar-refractivity contribution in [2.75, 3.05) is 11.4 Å². The summed E-state index contributed by atoms with van der Waals surface area (Å²) in [6.45, 7) is 0.867. The van der Waals surface area contributed by atoms with E-state index in [0.717, 1.165) is 29.9 Å². The number of nitrogens with zero attached hydrogens (tertiary/aromatic N) is 1. The maximum absolute atomic E-state index is 12.5. The quantitative estimate of drug-likeness (QED) is 0.712. The molecule has 0 N–H and O–H groups in total. The van der Waals surface area contributed by atoms with Gasteiger partial charge in [0.15, 0.2) is 0 Å². The monoisotopic (exact) mass is 247 g/mol. The standard InChI is InChI=1S/C17H13NO/c19-17-14-7-3-4-8-15(14)18-10-9-12-5-1-2-6-13(12)11-16(17)18/h1-8,11H,9-10H2. The van der Waals surface area contributed by atoms with Crippen molar-refractivity contribution in [1.82, 2.24) is 0 Å². The van der Waals surface area contributed by atoms with Crippen LogP contribution in [0.2, 0.25) is 0 Å².